The first-order chi connectivity index (χ1) is 14.1. The number of hydrogen-bond donors (Lipinski definition) is 1. The Morgan fingerprint density at radius 3 is 2.90 bits per heavy atom. The normalized spacial score (nSPS) is 35.9. The number of hydrogen-bond acceptors (Lipinski definition) is 8. The lowest BCUT2D eigenvalue weighted by Crippen LogP contribution is -2.32. The van der Waals surface area contributed by atoms with Gasteiger partial charge >= 0.3 is 0 Å². The predicted octanol–water partition coefficient (Wildman–Crippen LogP) is 3.48. The Bertz CT molecular complexity index is 1060. The van der Waals surface area contributed by atoms with E-state index in [-0.39, 0.29) is 34.8 Å². The molecule has 9 nitrogen and oxygen atoms in total. The highest BCUT2D eigenvalue weighted by Crippen LogP contribution is 2.74. The van der Waals surface area contributed by atoms with E-state index in [4.69, 9.17) is 31.3 Å². The second-order valence-corrected chi connectivity index (χ2v) is 12.2. The third-order valence-electron chi connectivity index (χ3n) is 6.75. The molecule has 30 heavy (non-hydrogen) atoms. The Labute approximate surface area is 180 Å². The number of rotatable bonds is 6. The molecule has 2 N–H and O–H groups in total. The van der Waals surface area contributed by atoms with Crippen molar-refractivity contribution < 1.29 is 18.6 Å². The summed E-state index contributed by atoms with van der Waals surface area (Å²) in [5.74, 6) is -0.128. The van der Waals surface area contributed by atoms with Crippen molar-refractivity contribution in [3.8, 4) is 0 Å². The molecule has 3 heterocycles. The molecule has 1 aliphatic heterocycles. The van der Waals surface area contributed by atoms with Crippen LogP contribution in [-0.4, -0.2) is 56.9 Å². The molecule has 164 valence electrons. The summed E-state index contributed by atoms with van der Waals surface area (Å²) < 4.78 is 33.0. The van der Waals surface area contributed by atoms with E-state index in [0.717, 1.165) is 12.8 Å². The molecular formula is C19H27ClN5O4P. The van der Waals surface area contributed by atoms with Gasteiger partial charge in [-0.2, -0.15) is 9.97 Å². The zero-order chi connectivity index (χ0) is 21.5. The average Bonchev–Trinajstić information content (AvgIpc) is 2.90. The van der Waals surface area contributed by atoms with E-state index in [1.807, 2.05) is 25.3 Å². The van der Waals surface area contributed by atoms with Crippen LogP contribution in [-0.2, 0) is 18.6 Å². The van der Waals surface area contributed by atoms with Gasteiger partial charge in [-0.05, 0) is 51.1 Å². The van der Waals surface area contributed by atoms with Crippen molar-refractivity contribution in [2.75, 3.05) is 25.2 Å². The minimum Gasteiger partial charge on any atom is -0.382 e. The molecule has 2 aromatic heterocycles. The van der Waals surface area contributed by atoms with Gasteiger partial charge in [0.25, 0.3) is 0 Å². The number of imidazole rings is 1. The molecular weight excluding hydrogens is 429 g/mol. The minimum absolute atomic E-state index is 0.0181. The number of fused-ring (bicyclic) bond motifs is 4. The van der Waals surface area contributed by atoms with Crippen molar-refractivity contribution in [1.82, 2.24) is 19.5 Å². The molecule has 2 aromatic rings. The lowest BCUT2D eigenvalue weighted by atomic mass is 9.96. The minimum atomic E-state index is -2.63. The molecule has 3 fully saturated rings. The standard InChI is InChI=1S/C19H27ClN5O4P/c1-5-27-30(4,26)7-6-19-8-10(19)12(13-14(19)29-18(2,3)28-13)25-9-22-11-15(21)23-17(20)24-16(11)25/h9-10,12-14H,5-8H2,1-4H3,(H2,21,23,24)/t10-,12-,13+,14+,19+,30?/m1/s1. The van der Waals surface area contributed by atoms with Crippen LogP contribution in [0.25, 0.3) is 11.2 Å². The van der Waals surface area contributed by atoms with Crippen LogP contribution in [0.5, 0.6) is 0 Å². The second kappa shape index (κ2) is 6.62. The van der Waals surface area contributed by atoms with Gasteiger partial charge in [0.1, 0.15) is 11.6 Å². The number of ether oxygens (including phenoxy) is 2. The number of anilines is 1. The molecule has 0 radical (unpaired) electrons. The van der Waals surface area contributed by atoms with Crippen LogP contribution in [0.15, 0.2) is 6.33 Å². The SMILES string of the molecule is CCOP(C)(=O)CC[C@]12C[C@@H]1[C@@H](n1cnc3c(N)nc(Cl)nc31)[C@@H]1OC(C)(C)O[C@@H]12. The van der Waals surface area contributed by atoms with Crippen LogP contribution >= 0.6 is 19.0 Å². The summed E-state index contributed by atoms with van der Waals surface area (Å²) in [6, 6.07) is -0.0181. The van der Waals surface area contributed by atoms with Crippen molar-refractivity contribution >= 4 is 36.0 Å². The van der Waals surface area contributed by atoms with E-state index in [1.54, 1.807) is 13.0 Å². The monoisotopic (exact) mass is 455 g/mol. The zero-order valence-electron chi connectivity index (χ0n) is 17.5. The topological polar surface area (TPSA) is 114 Å². The molecule has 0 spiro atoms. The Balaban J connectivity index is 1.51. The summed E-state index contributed by atoms with van der Waals surface area (Å²) in [6.07, 6.45) is 3.77. The van der Waals surface area contributed by atoms with Gasteiger partial charge in [0, 0.05) is 18.2 Å². The van der Waals surface area contributed by atoms with E-state index in [2.05, 4.69) is 15.0 Å². The highest BCUT2D eigenvalue weighted by molar-refractivity contribution is 7.58. The van der Waals surface area contributed by atoms with Gasteiger partial charge < -0.3 is 24.3 Å². The maximum Gasteiger partial charge on any atom is 0.226 e. The first-order valence-corrected chi connectivity index (χ1v) is 12.9. The second-order valence-electron chi connectivity index (χ2n) is 9.16. The smallest absolute Gasteiger partial charge is 0.226 e. The first kappa shape index (κ1) is 20.6. The largest absolute Gasteiger partial charge is 0.382 e. The van der Waals surface area contributed by atoms with Crippen molar-refractivity contribution in [2.24, 2.45) is 11.3 Å². The highest BCUT2D eigenvalue weighted by Gasteiger charge is 2.75. The molecule has 6 atom stereocenters. The fraction of sp³-hybridized carbons (Fsp3) is 0.737. The number of halogens is 1. The van der Waals surface area contributed by atoms with Gasteiger partial charge in [-0.25, -0.2) is 4.98 Å². The van der Waals surface area contributed by atoms with E-state index < -0.39 is 13.2 Å². The number of nitrogens with zero attached hydrogens (tertiary/aromatic N) is 4. The zero-order valence-corrected chi connectivity index (χ0v) is 19.2. The summed E-state index contributed by atoms with van der Waals surface area (Å²) in [5, 5.41) is 0.0888. The van der Waals surface area contributed by atoms with Gasteiger partial charge in [-0.1, -0.05) is 0 Å². The van der Waals surface area contributed by atoms with E-state index in [0.29, 0.717) is 29.9 Å². The highest BCUT2D eigenvalue weighted by atomic mass is 35.5. The number of nitrogen functional groups attached to an aromatic ring is 1. The molecule has 3 aliphatic rings. The predicted molar refractivity (Wildman–Crippen MR) is 113 cm³/mol. The molecule has 11 heteroatoms. The molecule has 5 rings (SSSR count). The Morgan fingerprint density at radius 1 is 1.40 bits per heavy atom. The third kappa shape index (κ3) is 3.09. The molecule has 0 amide bonds. The van der Waals surface area contributed by atoms with Crippen LogP contribution in [0.3, 0.4) is 0 Å². The molecule has 2 saturated carbocycles. The van der Waals surface area contributed by atoms with Crippen molar-refractivity contribution in [1.29, 1.82) is 0 Å². The maximum absolute atomic E-state index is 12.8. The fourth-order valence-electron chi connectivity index (χ4n) is 5.51. The third-order valence-corrected chi connectivity index (χ3v) is 8.76. The first-order valence-electron chi connectivity index (χ1n) is 10.3. The summed E-state index contributed by atoms with van der Waals surface area (Å²) in [6.45, 7) is 7.90. The van der Waals surface area contributed by atoms with Crippen LogP contribution in [0.4, 0.5) is 5.82 Å². The van der Waals surface area contributed by atoms with Crippen molar-refractivity contribution in [2.45, 2.75) is 57.6 Å². The average molecular weight is 456 g/mol. The van der Waals surface area contributed by atoms with Crippen LogP contribution in [0.2, 0.25) is 5.28 Å². The molecule has 0 aromatic carbocycles. The number of aromatic nitrogens is 4. The number of nitrogens with two attached hydrogens (primary N) is 1. The summed E-state index contributed by atoms with van der Waals surface area (Å²) >= 11 is 6.08. The molecule has 1 unspecified atom stereocenters. The maximum atomic E-state index is 12.8. The molecule has 2 aliphatic carbocycles. The van der Waals surface area contributed by atoms with Gasteiger partial charge in [0.2, 0.25) is 5.28 Å². The van der Waals surface area contributed by atoms with E-state index in [9.17, 15) is 4.57 Å². The van der Waals surface area contributed by atoms with Gasteiger partial charge in [0.05, 0.1) is 25.1 Å². The van der Waals surface area contributed by atoms with Crippen molar-refractivity contribution in [3.05, 3.63) is 11.6 Å². The van der Waals surface area contributed by atoms with Gasteiger partial charge in [-0.15, -0.1) is 0 Å². The van der Waals surface area contributed by atoms with E-state index in [1.165, 1.54) is 0 Å². The molecule has 0 bridgehead atoms. The lowest BCUT2D eigenvalue weighted by Gasteiger charge is -2.24. The summed E-state index contributed by atoms with van der Waals surface area (Å²) in [4.78, 5) is 12.8. The van der Waals surface area contributed by atoms with Gasteiger partial charge in [0.15, 0.2) is 24.6 Å². The lowest BCUT2D eigenvalue weighted by molar-refractivity contribution is -0.161. The quantitative estimate of drug-likeness (QED) is 0.520. The van der Waals surface area contributed by atoms with Crippen LogP contribution in [0.1, 0.15) is 39.7 Å². The van der Waals surface area contributed by atoms with Crippen molar-refractivity contribution in [3.63, 3.8) is 0 Å². The Hall–Kier alpha value is -1.25. The summed E-state index contributed by atoms with van der Waals surface area (Å²) in [7, 11) is -2.63. The fourth-order valence-corrected chi connectivity index (χ4v) is 7.18. The van der Waals surface area contributed by atoms with Crippen LogP contribution < -0.4 is 5.73 Å². The molecule has 1 saturated heterocycles. The Morgan fingerprint density at radius 2 is 2.17 bits per heavy atom. The van der Waals surface area contributed by atoms with Gasteiger partial charge in [-0.3, -0.25) is 4.57 Å². The Kier molecular flexibility index (Phi) is 4.56. The van der Waals surface area contributed by atoms with Crippen LogP contribution in [0, 0.1) is 11.3 Å². The summed E-state index contributed by atoms with van der Waals surface area (Å²) in [5.41, 5.74) is 7.04. The van der Waals surface area contributed by atoms with E-state index >= 15 is 0 Å².